The number of aromatic nitrogens is 3. The smallest absolute Gasteiger partial charge is 0.222 e. The zero-order valence-corrected chi connectivity index (χ0v) is 20.4. The average molecular weight is 451 g/mol. The molecule has 0 spiro atoms. The molecule has 176 valence electrons. The van der Waals surface area contributed by atoms with Crippen LogP contribution in [0.5, 0.6) is 5.88 Å². The Kier molecular flexibility index (Phi) is 7.68. The number of fused-ring (bicyclic) bond motifs is 1. The fourth-order valence-electron chi connectivity index (χ4n) is 4.11. The molecule has 0 saturated carbocycles. The third kappa shape index (κ3) is 4.99. The SMILES string of the molecule is CCOc1ncccc1-c1cc(NCC(=N)OC(C)=N)c2c(n1)c(C)c(CC)n2C(C)CC. The zero-order valence-electron chi connectivity index (χ0n) is 20.4. The number of aryl methyl sites for hydroxylation is 1. The molecule has 0 aliphatic carbocycles. The lowest BCUT2D eigenvalue weighted by Crippen LogP contribution is -2.19. The van der Waals surface area contributed by atoms with E-state index in [1.54, 1.807) is 6.20 Å². The first-order valence-corrected chi connectivity index (χ1v) is 11.5. The minimum Gasteiger partial charge on any atom is -0.477 e. The number of rotatable bonds is 9. The van der Waals surface area contributed by atoms with Crippen LogP contribution in [0.1, 0.15) is 58.3 Å². The van der Waals surface area contributed by atoms with Gasteiger partial charge in [-0.2, -0.15) is 0 Å². The van der Waals surface area contributed by atoms with Crippen LogP contribution >= 0.6 is 0 Å². The van der Waals surface area contributed by atoms with E-state index in [2.05, 4.69) is 42.6 Å². The van der Waals surface area contributed by atoms with Gasteiger partial charge in [0.05, 0.1) is 41.1 Å². The van der Waals surface area contributed by atoms with Gasteiger partial charge in [-0.05, 0) is 57.4 Å². The van der Waals surface area contributed by atoms with E-state index in [0.717, 1.165) is 46.4 Å². The molecule has 1 unspecified atom stereocenters. The number of anilines is 1. The Hall–Kier alpha value is -3.42. The quantitative estimate of drug-likeness (QED) is 0.284. The van der Waals surface area contributed by atoms with Gasteiger partial charge in [-0.25, -0.2) is 9.97 Å². The molecule has 3 heterocycles. The molecule has 8 heteroatoms. The summed E-state index contributed by atoms with van der Waals surface area (Å²) >= 11 is 0. The summed E-state index contributed by atoms with van der Waals surface area (Å²) in [6.45, 7) is 12.8. The zero-order chi connectivity index (χ0) is 24.1. The Morgan fingerprint density at radius 1 is 1.24 bits per heavy atom. The Morgan fingerprint density at radius 3 is 2.64 bits per heavy atom. The second-order valence-corrected chi connectivity index (χ2v) is 8.03. The van der Waals surface area contributed by atoms with Crippen LogP contribution in [-0.2, 0) is 11.2 Å². The maximum absolute atomic E-state index is 8.06. The summed E-state index contributed by atoms with van der Waals surface area (Å²) in [5, 5.41) is 18.9. The number of hydrogen-bond acceptors (Lipinski definition) is 7. The third-order valence-electron chi connectivity index (χ3n) is 5.72. The van der Waals surface area contributed by atoms with Gasteiger partial charge >= 0.3 is 0 Å². The molecule has 1 atom stereocenters. The first kappa shape index (κ1) is 24.2. The number of nitrogens with zero attached hydrogens (tertiary/aromatic N) is 3. The van der Waals surface area contributed by atoms with Crippen molar-refractivity contribution in [2.24, 2.45) is 0 Å². The summed E-state index contributed by atoms with van der Waals surface area (Å²) in [4.78, 5) is 9.47. The first-order chi connectivity index (χ1) is 15.8. The van der Waals surface area contributed by atoms with Crippen molar-refractivity contribution in [3.8, 4) is 17.1 Å². The third-order valence-corrected chi connectivity index (χ3v) is 5.72. The minimum absolute atomic E-state index is 0.00817. The monoisotopic (exact) mass is 450 g/mol. The highest BCUT2D eigenvalue weighted by Crippen LogP contribution is 2.38. The normalized spacial score (nSPS) is 11.9. The lowest BCUT2D eigenvalue weighted by atomic mass is 10.1. The van der Waals surface area contributed by atoms with E-state index < -0.39 is 0 Å². The van der Waals surface area contributed by atoms with Gasteiger partial charge in [0.1, 0.15) is 0 Å². The highest BCUT2D eigenvalue weighted by Gasteiger charge is 2.22. The number of nitrogens with one attached hydrogen (secondary N) is 3. The molecule has 0 aliphatic rings. The number of hydrogen-bond donors (Lipinski definition) is 3. The van der Waals surface area contributed by atoms with E-state index in [1.807, 2.05) is 25.1 Å². The van der Waals surface area contributed by atoms with Crippen molar-refractivity contribution in [3.63, 3.8) is 0 Å². The van der Waals surface area contributed by atoms with Crippen LogP contribution in [-0.4, -0.2) is 39.5 Å². The molecule has 0 bridgehead atoms. The Labute approximate surface area is 195 Å². The maximum Gasteiger partial charge on any atom is 0.222 e. The molecular formula is C25H34N6O2. The fourth-order valence-corrected chi connectivity index (χ4v) is 4.11. The van der Waals surface area contributed by atoms with E-state index in [4.69, 9.17) is 25.3 Å². The summed E-state index contributed by atoms with van der Waals surface area (Å²) < 4.78 is 13.3. The molecule has 0 radical (unpaired) electrons. The minimum atomic E-state index is -0.0144. The second kappa shape index (κ2) is 10.5. The van der Waals surface area contributed by atoms with Crippen LogP contribution in [0.3, 0.4) is 0 Å². The van der Waals surface area contributed by atoms with Gasteiger partial charge in [-0.15, -0.1) is 0 Å². The lowest BCUT2D eigenvalue weighted by molar-refractivity contribution is 0.328. The molecule has 0 aliphatic heterocycles. The van der Waals surface area contributed by atoms with Gasteiger partial charge in [0.15, 0.2) is 5.90 Å². The van der Waals surface area contributed by atoms with Gasteiger partial charge < -0.3 is 19.4 Å². The molecule has 0 aromatic carbocycles. The van der Waals surface area contributed by atoms with Crippen molar-refractivity contribution in [1.82, 2.24) is 14.5 Å². The highest BCUT2D eigenvalue weighted by atomic mass is 16.5. The van der Waals surface area contributed by atoms with Gasteiger partial charge in [0, 0.05) is 24.9 Å². The number of ether oxygens (including phenoxy) is 2. The molecule has 3 aromatic heterocycles. The lowest BCUT2D eigenvalue weighted by Gasteiger charge is -2.20. The van der Waals surface area contributed by atoms with Crippen molar-refractivity contribution in [2.45, 2.75) is 60.4 Å². The van der Waals surface area contributed by atoms with Crippen LogP contribution in [0.25, 0.3) is 22.3 Å². The van der Waals surface area contributed by atoms with E-state index in [-0.39, 0.29) is 18.3 Å². The Balaban J connectivity index is 2.25. The van der Waals surface area contributed by atoms with Crippen LogP contribution < -0.4 is 10.1 Å². The van der Waals surface area contributed by atoms with Gasteiger partial charge in [0.2, 0.25) is 11.8 Å². The molecule has 0 fully saturated rings. The topological polar surface area (TPSA) is 109 Å². The molecule has 0 amide bonds. The number of pyridine rings is 2. The molecule has 0 saturated heterocycles. The van der Waals surface area contributed by atoms with Crippen LogP contribution in [0.15, 0.2) is 24.4 Å². The predicted molar refractivity (Wildman–Crippen MR) is 134 cm³/mol. The molecular weight excluding hydrogens is 416 g/mol. The first-order valence-electron chi connectivity index (χ1n) is 11.5. The maximum atomic E-state index is 8.06. The summed E-state index contributed by atoms with van der Waals surface area (Å²) in [6, 6.07) is 6.12. The predicted octanol–water partition coefficient (Wildman–Crippen LogP) is 5.74. The highest BCUT2D eigenvalue weighted by molar-refractivity contribution is 5.97. The van der Waals surface area contributed by atoms with Crippen molar-refractivity contribution in [3.05, 3.63) is 35.7 Å². The van der Waals surface area contributed by atoms with Crippen LogP contribution in [0.4, 0.5) is 5.69 Å². The molecule has 3 rings (SSSR count). The largest absolute Gasteiger partial charge is 0.477 e. The average Bonchev–Trinajstić information content (AvgIpc) is 3.08. The van der Waals surface area contributed by atoms with Gasteiger partial charge in [0.25, 0.3) is 0 Å². The molecule has 33 heavy (non-hydrogen) atoms. The van der Waals surface area contributed by atoms with E-state index in [0.29, 0.717) is 18.5 Å². The summed E-state index contributed by atoms with van der Waals surface area (Å²) in [7, 11) is 0. The van der Waals surface area contributed by atoms with Crippen LogP contribution in [0, 0.1) is 17.7 Å². The van der Waals surface area contributed by atoms with Gasteiger partial charge in [-0.1, -0.05) is 13.8 Å². The van der Waals surface area contributed by atoms with Crippen molar-refractivity contribution < 1.29 is 9.47 Å². The van der Waals surface area contributed by atoms with Crippen molar-refractivity contribution >= 4 is 28.5 Å². The molecule has 3 aromatic rings. The van der Waals surface area contributed by atoms with Gasteiger partial charge in [-0.3, -0.25) is 10.8 Å². The van der Waals surface area contributed by atoms with E-state index in [1.165, 1.54) is 12.6 Å². The van der Waals surface area contributed by atoms with Crippen LogP contribution in [0.2, 0.25) is 0 Å². The van der Waals surface area contributed by atoms with Crippen molar-refractivity contribution in [1.29, 1.82) is 10.8 Å². The summed E-state index contributed by atoms with van der Waals surface area (Å²) in [6.07, 6.45) is 3.59. The summed E-state index contributed by atoms with van der Waals surface area (Å²) in [5.74, 6) is 0.522. The summed E-state index contributed by atoms with van der Waals surface area (Å²) in [5.41, 5.74) is 6.79. The van der Waals surface area contributed by atoms with Crippen molar-refractivity contribution in [2.75, 3.05) is 18.5 Å². The van der Waals surface area contributed by atoms with E-state index in [9.17, 15) is 0 Å². The fraction of sp³-hybridized carbons (Fsp3) is 0.440. The molecule has 8 nitrogen and oxygen atoms in total. The second-order valence-electron chi connectivity index (χ2n) is 8.03. The Morgan fingerprint density at radius 2 is 2.00 bits per heavy atom. The Bertz CT molecular complexity index is 1170. The molecule has 3 N–H and O–H groups in total. The van der Waals surface area contributed by atoms with E-state index >= 15 is 0 Å². The standard InChI is InChI=1S/C25H34N6O2/c1-7-15(4)31-21(8-2)16(5)23-24(31)20(29-14-22(27)33-17(6)26)13-19(30-23)18-11-10-12-28-25(18)32-9-3/h10-13,15,26-27H,7-9,14H2,1-6H3,(H,29,30).